The van der Waals surface area contributed by atoms with Gasteiger partial charge in [0.1, 0.15) is 31.6 Å². The molecule has 106 valence electrons. The zero-order valence-electron chi connectivity index (χ0n) is 11.6. The van der Waals surface area contributed by atoms with E-state index < -0.39 is 6.04 Å². The Morgan fingerprint density at radius 3 is 2.80 bits per heavy atom. The van der Waals surface area contributed by atoms with Crippen molar-refractivity contribution in [3.05, 3.63) is 54.6 Å². The maximum Gasteiger partial charge on any atom is 0.323 e. The Balaban J connectivity index is 1.74. The van der Waals surface area contributed by atoms with Crippen LogP contribution in [0.1, 0.15) is 5.56 Å². The summed E-state index contributed by atoms with van der Waals surface area (Å²) in [7, 11) is 1.94. The molecule has 0 spiro atoms. The Morgan fingerprint density at radius 1 is 1.40 bits per heavy atom. The number of benzene rings is 1. The van der Waals surface area contributed by atoms with E-state index in [4.69, 9.17) is 10.5 Å². The van der Waals surface area contributed by atoms with Gasteiger partial charge in [-0.2, -0.15) is 0 Å². The van der Waals surface area contributed by atoms with Crippen molar-refractivity contribution in [3.63, 3.8) is 0 Å². The molecule has 0 fully saturated rings. The molecule has 2 N–H and O–H groups in total. The average Bonchev–Trinajstić information content (AvgIpc) is 2.85. The summed E-state index contributed by atoms with van der Waals surface area (Å²) in [5.41, 5.74) is 6.88. The standard InChI is InChI=1S/C15H20N3O2/c1-17-7-8-18(12-17)9-10-20-15(19)14(16)11-13-5-3-2-4-6-13/h2-8,12,14H,9-11,16H2,1H3/q+1. The zero-order valence-corrected chi connectivity index (χ0v) is 11.6. The molecule has 2 rings (SSSR count). The molecule has 1 aromatic carbocycles. The predicted molar refractivity (Wildman–Crippen MR) is 74.7 cm³/mol. The van der Waals surface area contributed by atoms with Gasteiger partial charge in [-0.25, -0.2) is 9.13 Å². The second-order valence-corrected chi connectivity index (χ2v) is 4.78. The van der Waals surface area contributed by atoms with Crippen LogP contribution < -0.4 is 10.3 Å². The molecule has 0 aliphatic carbocycles. The van der Waals surface area contributed by atoms with Gasteiger partial charge >= 0.3 is 5.97 Å². The van der Waals surface area contributed by atoms with Crippen molar-refractivity contribution < 1.29 is 14.1 Å². The highest BCUT2D eigenvalue weighted by Crippen LogP contribution is 2.03. The van der Waals surface area contributed by atoms with Gasteiger partial charge in [0, 0.05) is 0 Å². The van der Waals surface area contributed by atoms with E-state index in [0.29, 0.717) is 19.6 Å². The summed E-state index contributed by atoms with van der Waals surface area (Å²) in [6, 6.07) is 9.08. The van der Waals surface area contributed by atoms with Crippen molar-refractivity contribution in [3.8, 4) is 0 Å². The van der Waals surface area contributed by atoms with Crippen molar-refractivity contribution in [1.82, 2.24) is 4.57 Å². The first kappa shape index (κ1) is 14.3. The normalized spacial score (nSPS) is 12.1. The van der Waals surface area contributed by atoms with E-state index in [0.717, 1.165) is 5.56 Å². The van der Waals surface area contributed by atoms with E-state index in [1.807, 2.05) is 65.2 Å². The molecular weight excluding hydrogens is 254 g/mol. The molecule has 1 unspecified atom stereocenters. The van der Waals surface area contributed by atoms with Crippen molar-refractivity contribution in [2.45, 2.75) is 19.0 Å². The molecule has 0 saturated carbocycles. The molecule has 1 aromatic heterocycles. The second-order valence-electron chi connectivity index (χ2n) is 4.78. The topological polar surface area (TPSA) is 61.1 Å². The number of esters is 1. The second kappa shape index (κ2) is 6.86. The van der Waals surface area contributed by atoms with Crippen LogP contribution >= 0.6 is 0 Å². The van der Waals surface area contributed by atoms with Gasteiger partial charge in [-0.05, 0) is 12.0 Å². The molecule has 5 heteroatoms. The third kappa shape index (κ3) is 4.20. The molecule has 0 amide bonds. The summed E-state index contributed by atoms with van der Waals surface area (Å²) in [4.78, 5) is 11.8. The van der Waals surface area contributed by atoms with E-state index >= 15 is 0 Å². The van der Waals surface area contributed by atoms with Crippen LogP contribution in [0.4, 0.5) is 0 Å². The number of ether oxygens (including phenoxy) is 1. The van der Waals surface area contributed by atoms with Crippen molar-refractivity contribution in [2.75, 3.05) is 6.61 Å². The first-order chi connectivity index (χ1) is 9.65. The first-order valence-electron chi connectivity index (χ1n) is 6.62. The van der Waals surface area contributed by atoms with Gasteiger partial charge in [0.05, 0.1) is 7.05 Å². The van der Waals surface area contributed by atoms with E-state index in [1.165, 1.54) is 0 Å². The average molecular weight is 274 g/mol. The van der Waals surface area contributed by atoms with Crippen LogP contribution in [-0.2, 0) is 29.5 Å². The summed E-state index contributed by atoms with van der Waals surface area (Å²) in [6.07, 6.45) is 6.29. The molecular formula is C15H20N3O2+. The molecule has 0 radical (unpaired) electrons. The van der Waals surface area contributed by atoms with Gasteiger partial charge in [0.2, 0.25) is 6.33 Å². The summed E-state index contributed by atoms with van der Waals surface area (Å²) in [6.45, 7) is 0.959. The molecule has 1 atom stereocenters. The van der Waals surface area contributed by atoms with Crippen LogP contribution in [0.2, 0.25) is 0 Å². The lowest BCUT2D eigenvalue weighted by molar-refractivity contribution is -0.671. The van der Waals surface area contributed by atoms with Crippen LogP contribution in [0.15, 0.2) is 49.1 Å². The van der Waals surface area contributed by atoms with Gasteiger partial charge < -0.3 is 10.5 Å². The quantitative estimate of drug-likeness (QED) is 0.613. The number of hydrogen-bond donors (Lipinski definition) is 1. The van der Waals surface area contributed by atoms with Gasteiger partial charge in [0.25, 0.3) is 0 Å². The van der Waals surface area contributed by atoms with E-state index in [9.17, 15) is 4.79 Å². The third-order valence-electron chi connectivity index (χ3n) is 3.02. The minimum atomic E-state index is -0.613. The van der Waals surface area contributed by atoms with Crippen molar-refractivity contribution in [1.29, 1.82) is 0 Å². The summed E-state index contributed by atoms with van der Waals surface area (Å²) >= 11 is 0. The Morgan fingerprint density at radius 2 is 2.15 bits per heavy atom. The summed E-state index contributed by atoms with van der Waals surface area (Å²) < 4.78 is 9.08. The molecule has 5 nitrogen and oxygen atoms in total. The lowest BCUT2D eigenvalue weighted by Crippen LogP contribution is -2.35. The number of aryl methyl sites for hydroxylation is 1. The van der Waals surface area contributed by atoms with Gasteiger partial charge in [-0.1, -0.05) is 30.3 Å². The smallest absolute Gasteiger partial charge is 0.323 e. The lowest BCUT2D eigenvalue weighted by Gasteiger charge is -2.10. The molecule has 0 bridgehead atoms. The molecule has 20 heavy (non-hydrogen) atoms. The fourth-order valence-corrected chi connectivity index (χ4v) is 1.94. The lowest BCUT2D eigenvalue weighted by atomic mass is 10.1. The number of nitrogens with zero attached hydrogens (tertiary/aromatic N) is 2. The molecule has 0 aliphatic rings. The Hall–Kier alpha value is -2.14. The number of carbonyl (C=O) groups excluding carboxylic acids is 1. The van der Waals surface area contributed by atoms with Gasteiger partial charge in [-0.3, -0.25) is 4.79 Å². The number of imidazole rings is 1. The maximum absolute atomic E-state index is 11.8. The number of nitrogens with two attached hydrogens (primary N) is 1. The highest BCUT2D eigenvalue weighted by molar-refractivity contribution is 5.75. The maximum atomic E-state index is 11.8. The largest absolute Gasteiger partial charge is 0.460 e. The minimum Gasteiger partial charge on any atom is -0.460 e. The monoisotopic (exact) mass is 274 g/mol. The van der Waals surface area contributed by atoms with Crippen LogP contribution in [0, 0.1) is 0 Å². The molecule has 0 aliphatic heterocycles. The highest BCUT2D eigenvalue weighted by atomic mass is 16.5. The van der Waals surface area contributed by atoms with Crippen LogP contribution in [0.5, 0.6) is 0 Å². The highest BCUT2D eigenvalue weighted by Gasteiger charge is 2.15. The molecule has 1 heterocycles. The summed E-state index contributed by atoms with van der Waals surface area (Å²) in [5, 5.41) is 0. The zero-order chi connectivity index (χ0) is 14.4. The fourth-order valence-electron chi connectivity index (χ4n) is 1.94. The van der Waals surface area contributed by atoms with E-state index in [-0.39, 0.29) is 5.97 Å². The van der Waals surface area contributed by atoms with E-state index in [2.05, 4.69) is 0 Å². The van der Waals surface area contributed by atoms with Crippen LogP contribution in [0.25, 0.3) is 0 Å². The number of rotatable bonds is 6. The van der Waals surface area contributed by atoms with Crippen LogP contribution in [0.3, 0.4) is 0 Å². The third-order valence-corrected chi connectivity index (χ3v) is 3.02. The van der Waals surface area contributed by atoms with Gasteiger partial charge in [-0.15, -0.1) is 0 Å². The Kier molecular flexibility index (Phi) is 4.90. The number of carbonyl (C=O) groups is 1. The van der Waals surface area contributed by atoms with Crippen LogP contribution in [-0.4, -0.2) is 23.2 Å². The predicted octanol–water partition coefficient (Wildman–Crippen LogP) is 0.426. The summed E-state index contributed by atoms with van der Waals surface area (Å²) in [5.74, 6) is -0.356. The number of hydrogen-bond acceptors (Lipinski definition) is 3. The minimum absolute atomic E-state index is 0.329. The number of aromatic nitrogens is 2. The first-order valence-corrected chi connectivity index (χ1v) is 6.62. The fraction of sp³-hybridized carbons (Fsp3) is 0.333. The van der Waals surface area contributed by atoms with Crippen molar-refractivity contribution >= 4 is 5.97 Å². The Bertz CT molecular complexity index is 551. The molecule has 2 aromatic rings. The van der Waals surface area contributed by atoms with Crippen molar-refractivity contribution in [2.24, 2.45) is 12.8 Å². The SMILES string of the molecule is C[n+]1ccn(CCOC(=O)C(N)Cc2ccccc2)c1. The Labute approximate surface area is 118 Å². The molecule has 0 saturated heterocycles. The van der Waals surface area contributed by atoms with E-state index in [1.54, 1.807) is 0 Å². The van der Waals surface area contributed by atoms with Gasteiger partial charge in [0.15, 0.2) is 0 Å².